The highest BCUT2D eigenvalue weighted by Crippen LogP contribution is 2.17. The number of nitrogens with zero attached hydrogens (tertiary/aromatic N) is 1. The number of aliphatic hydroxyl groups excluding tert-OH is 1. The molecule has 1 fully saturated rings. The van der Waals surface area contributed by atoms with Crippen LogP contribution in [0.4, 0.5) is 0 Å². The van der Waals surface area contributed by atoms with Crippen LogP contribution in [0, 0.1) is 0 Å². The van der Waals surface area contributed by atoms with Crippen molar-refractivity contribution < 1.29 is 13.5 Å². The fourth-order valence-electron chi connectivity index (χ4n) is 1.70. The Morgan fingerprint density at radius 3 is 2.19 bits per heavy atom. The maximum Gasteiger partial charge on any atom is 0.156 e. The molecule has 4 nitrogen and oxygen atoms in total. The van der Waals surface area contributed by atoms with Gasteiger partial charge in [0.05, 0.1) is 16.6 Å². The van der Waals surface area contributed by atoms with Gasteiger partial charge in [0.15, 0.2) is 9.84 Å². The SMILES string of the molecule is CC(C)(C)S(=O)(=O)CCN1CCC(O)CC1. The van der Waals surface area contributed by atoms with E-state index in [1.54, 1.807) is 20.8 Å². The van der Waals surface area contributed by atoms with E-state index in [4.69, 9.17) is 0 Å². The number of aliphatic hydroxyl groups is 1. The van der Waals surface area contributed by atoms with Crippen molar-refractivity contribution in [1.29, 1.82) is 0 Å². The van der Waals surface area contributed by atoms with Gasteiger partial charge >= 0.3 is 0 Å². The molecule has 1 saturated heterocycles. The van der Waals surface area contributed by atoms with Crippen LogP contribution in [-0.4, -0.2) is 54.7 Å². The molecule has 1 heterocycles. The summed E-state index contributed by atoms with van der Waals surface area (Å²) in [5, 5.41) is 9.34. The van der Waals surface area contributed by atoms with Gasteiger partial charge in [-0.3, -0.25) is 0 Å². The Labute approximate surface area is 98.6 Å². The summed E-state index contributed by atoms with van der Waals surface area (Å²) in [4.78, 5) is 2.12. The summed E-state index contributed by atoms with van der Waals surface area (Å²) < 4.78 is 23.1. The molecule has 1 N–H and O–H groups in total. The van der Waals surface area contributed by atoms with Crippen molar-refractivity contribution in [2.45, 2.75) is 44.5 Å². The average molecular weight is 249 g/mol. The molecule has 96 valence electrons. The lowest BCUT2D eigenvalue weighted by Gasteiger charge is -2.30. The van der Waals surface area contributed by atoms with Gasteiger partial charge in [0.25, 0.3) is 0 Å². The standard InChI is InChI=1S/C11H23NO3S/c1-11(2,3)16(14,15)9-8-12-6-4-10(13)5-7-12/h10,13H,4-9H2,1-3H3. The summed E-state index contributed by atoms with van der Waals surface area (Å²) in [7, 11) is -3.01. The highest BCUT2D eigenvalue weighted by atomic mass is 32.2. The molecule has 0 aromatic carbocycles. The summed E-state index contributed by atoms with van der Waals surface area (Å²) in [6, 6.07) is 0. The molecular formula is C11H23NO3S. The molecule has 0 atom stereocenters. The molecule has 16 heavy (non-hydrogen) atoms. The van der Waals surface area contributed by atoms with Gasteiger partial charge in [-0.25, -0.2) is 8.42 Å². The van der Waals surface area contributed by atoms with Gasteiger partial charge in [0.2, 0.25) is 0 Å². The second-order valence-electron chi connectivity index (χ2n) is 5.50. The van der Waals surface area contributed by atoms with E-state index in [0.29, 0.717) is 6.54 Å². The highest BCUT2D eigenvalue weighted by Gasteiger charge is 2.29. The Morgan fingerprint density at radius 1 is 1.25 bits per heavy atom. The number of hydrogen-bond donors (Lipinski definition) is 1. The molecule has 0 unspecified atom stereocenters. The Kier molecular flexibility index (Phi) is 4.37. The second kappa shape index (κ2) is 5.02. The molecule has 0 aromatic heterocycles. The van der Waals surface area contributed by atoms with Gasteiger partial charge in [-0.1, -0.05) is 0 Å². The summed E-state index contributed by atoms with van der Waals surface area (Å²) in [5.41, 5.74) is 0. The minimum absolute atomic E-state index is 0.199. The third-order valence-corrected chi connectivity index (χ3v) is 5.75. The van der Waals surface area contributed by atoms with Crippen molar-refractivity contribution in [3.63, 3.8) is 0 Å². The zero-order valence-corrected chi connectivity index (χ0v) is 11.3. The van der Waals surface area contributed by atoms with Crippen molar-refractivity contribution in [3.05, 3.63) is 0 Å². The second-order valence-corrected chi connectivity index (χ2v) is 8.37. The van der Waals surface area contributed by atoms with Crippen LogP contribution in [0.5, 0.6) is 0 Å². The maximum absolute atomic E-state index is 11.9. The van der Waals surface area contributed by atoms with Gasteiger partial charge in [-0.2, -0.15) is 0 Å². The molecule has 0 saturated carbocycles. The summed E-state index contributed by atoms with van der Waals surface area (Å²) >= 11 is 0. The van der Waals surface area contributed by atoms with Crippen LogP contribution >= 0.6 is 0 Å². The Balaban J connectivity index is 2.41. The third kappa shape index (κ3) is 3.71. The molecule has 1 aliphatic rings. The first-order valence-electron chi connectivity index (χ1n) is 5.85. The summed E-state index contributed by atoms with van der Waals surface area (Å²) in [6.07, 6.45) is 1.32. The van der Waals surface area contributed by atoms with Crippen molar-refractivity contribution in [1.82, 2.24) is 4.90 Å². The lowest BCUT2D eigenvalue weighted by Crippen LogP contribution is -2.41. The largest absolute Gasteiger partial charge is 0.393 e. The van der Waals surface area contributed by atoms with E-state index >= 15 is 0 Å². The lowest BCUT2D eigenvalue weighted by atomic mass is 10.1. The first-order valence-corrected chi connectivity index (χ1v) is 7.50. The molecule has 0 aromatic rings. The Bertz CT molecular complexity index is 311. The van der Waals surface area contributed by atoms with Gasteiger partial charge < -0.3 is 10.0 Å². The minimum Gasteiger partial charge on any atom is -0.393 e. The fourth-order valence-corrected chi connectivity index (χ4v) is 2.81. The quantitative estimate of drug-likeness (QED) is 0.798. The topological polar surface area (TPSA) is 57.6 Å². The lowest BCUT2D eigenvalue weighted by molar-refractivity contribution is 0.0855. The number of sulfone groups is 1. The van der Waals surface area contributed by atoms with E-state index in [0.717, 1.165) is 25.9 Å². The van der Waals surface area contributed by atoms with Crippen LogP contribution in [-0.2, 0) is 9.84 Å². The van der Waals surface area contributed by atoms with Crippen LogP contribution in [0.3, 0.4) is 0 Å². The molecule has 0 spiro atoms. The van der Waals surface area contributed by atoms with E-state index in [-0.39, 0.29) is 11.9 Å². The third-order valence-electron chi connectivity index (χ3n) is 3.17. The average Bonchev–Trinajstić information content (AvgIpc) is 2.15. The molecule has 0 amide bonds. The Hall–Kier alpha value is -0.130. The zero-order chi connectivity index (χ0) is 12.4. The van der Waals surface area contributed by atoms with Gasteiger partial charge in [0, 0.05) is 19.6 Å². The molecule has 1 aliphatic heterocycles. The van der Waals surface area contributed by atoms with E-state index in [1.165, 1.54) is 0 Å². The van der Waals surface area contributed by atoms with E-state index in [2.05, 4.69) is 4.90 Å². The van der Waals surface area contributed by atoms with Crippen molar-refractivity contribution in [3.8, 4) is 0 Å². The molecule has 0 aliphatic carbocycles. The van der Waals surface area contributed by atoms with Crippen LogP contribution in [0.2, 0.25) is 0 Å². The summed E-state index contributed by atoms with van der Waals surface area (Å²) in [5.74, 6) is 0.215. The molecule has 0 radical (unpaired) electrons. The van der Waals surface area contributed by atoms with E-state index in [1.807, 2.05) is 0 Å². The van der Waals surface area contributed by atoms with Gasteiger partial charge in [-0.15, -0.1) is 0 Å². The van der Waals surface area contributed by atoms with E-state index < -0.39 is 14.6 Å². The normalized spacial score (nSPS) is 21.2. The molecule has 5 heteroatoms. The van der Waals surface area contributed by atoms with Crippen molar-refractivity contribution in [2.24, 2.45) is 0 Å². The minimum atomic E-state index is -3.01. The highest BCUT2D eigenvalue weighted by molar-refractivity contribution is 7.92. The van der Waals surface area contributed by atoms with Crippen molar-refractivity contribution in [2.75, 3.05) is 25.4 Å². The van der Waals surface area contributed by atoms with Crippen LogP contribution in [0.15, 0.2) is 0 Å². The predicted molar refractivity (Wildman–Crippen MR) is 65.2 cm³/mol. The van der Waals surface area contributed by atoms with Crippen LogP contribution in [0.25, 0.3) is 0 Å². The molecule has 1 rings (SSSR count). The summed E-state index contributed by atoms with van der Waals surface area (Å²) in [6.45, 7) is 7.42. The first kappa shape index (κ1) is 13.9. The number of likely N-dealkylation sites (tertiary alicyclic amines) is 1. The molecular weight excluding hydrogens is 226 g/mol. The molecule has 0 bridgehead atoms. The smallest absolute Gasteiger partial charge is 0.156 e. The fraction of sp³-hybridized carbons (Fsp3) is 1.00. The van der Waals surface area contributed by atoms with Gasteiger partial charge in [-0.05, 0) is 33.6 Å². The zero-order valence-electron chi connectivity index (χ0n) is 10.4. The number of piperidine rings is 1. The Morgan fingerprint density at radius 2 is 1.75 bits per heavy atom. The predicted octanol–water partition coefficient (Wildman–Crippen LogP) is 0.656. The first-order chi connectivity index (χ1) is 7.22. The maximum atomic E-state index is 11.9. The monoisotopic (exact) mass is 249 g/mol. The van der Waals surface area contributed by atoms with Crippen LogP contribution in [0.1, 0.15) is 33.6 Å². The van der Waals surface area contributed by atoms with Gasteiger partial charge in [0.1, 0.15) is 0 Å². The number of hydrogen-bond acceptors (Lipinski definition) is 4. The van der Waals surface area contributed by atoms with E-state index in [9.17, 15) is 13.5 Å². The number of rotatable bonds is 3. The van der Waals surface area contributed by atoms with Crippen molar-refractivity contribution >= 4 is 9.84 Å². The van der Waals surface area contributed by atoms with Crippen LogP contribution < -0.4 is 0 Å².